The maximum Gasteiger partial charge on any atom is 0.00725 e. The molecule has 1 spiro atoms. The number of hydrogen-bond donors (Lipinski definition) is 1. The Morgan fingerprint density at radius 2 is 2.18 bits per heavy atom. The molecule has 1 nitrogen and oxygen atoms in total. The Kier molecular flexibility index (Phi) is 1.92. The van der Waals surface area contributed by atoms with Crippen LogP contribution < -0.4 is 5.32 Å². The van der Waals surface area contributed by atoms with Crippen molar-refractivity contribution in [2.24, 2.45) is 5.41 Å². The van der Waals surface area contributed by atoms with Crippen molar-refractivity contribution in [3.05, 3.63) is 0 Å². The summed E-state index contributed by atoms with van der Waals surface area (Å²) in [5.41, 5.74) is 0.853. The highest BCUT2D eigenvalue weighted by atomic mass is 14.9. The average molecular weight is 153 g/mol. The Hall–Kier alpha value is -0.0400. The fourth-order valence-corrected chi connectivity index (χ4v) is 2.36. The van der Waals surface area contributed by atoms with Crippen molar-refractivity contribution in [2.75, 3.05) is 6.54 Å². The second kappa shape index (κ2) is 2.78. The van der Waals surface area contributed by atoms with Crippen LogP contribution in [0.2, 0.25) is 0 Å². The van der Waals surface area contributed by atoms with Crippen LogP contribution in [0.4, 0.5) is 0 Å². The first-order valence-corrected chi connectivity index (χ1v) is 5.08. The highest BCUT2D eigenvalue weighted by molar-refractivity contribution is 5.01. The quantitative estimate of drug-likeness (QED) is 0.656. The minimum absolute atomic E-state index is 0.853. The minimum Gasteiger partial charge on any atom is -0.314 e. The third kappa shape index (κ3) is 1.58. The largest absolute Gasteiger partial charge is 0.314 e. The molecule has 64 valence electrons. The Balaban J connectivity index is 1.72. The molecular formula is C10H19N. The molecule has 1 atom stereocenters. The lowest BCUT2D eigenvalue weighted by Gasteiger charge is -2.11. The summed E-state index contributed by atoms with van der Waals surface area (Å²) < 4.78 is 0. The molecule has 0 aromatic rings. The van der Waals surface area contributed by atoms with E-state index in [1.54, 1.807) is 0 Å². The Labute approximate surface area is 69.6 Å². The van der Waals surface area contributed by atoms with E-state index in [9.17, 15) is 0 Å². The topological polar surface area (TPSA) is 12.0 Å². The molecule has 2 aliphatic rings. The molecule has 2 saturated carbocycles. The van der Waals surface area contributed by atoms with Gasteiger partial charge in [-0.05, 0) is 50.5 Å². The van der Waals surface area contributed by atoms with E-state index in [1.165, 1.54) is 45.1 Å². The van der Waals surface area contributed by atoms with Gasteiger partial charge in [0.05, 0.1) is 0 Å². The normalized spacial score (nSPS) is 33.0. The van der Waals surface area contributed by atoms with E-state index < -0.39 is 0 Å². The summed E-state index contributed by atoms with van der Waals surface area (Å²) in [6.07, 6.45) is 8.76. The van der Waals surface area contributed by atoms with Crippen LogP contribution in [0.5, 0.6) is 0 Å². The molecule has 0 aliphatic heterocycles. The smallest absolute Gasteiger partial charge is 0.00725 e. The van der Waals surface area contributed by atoms with Crippen LogP contribution in [0, 0.1) is 5.41 Å². The lowest BCUT2D eigenvalue weighted by molar-refractivity contribution is 0.475. The van der Waals surface area contributed by atoms with E-state index in [2.05, 4.69) is 12.2 Å². The van der Waals surface area contributed by atoms with Crippen molar-refractivity contribution in [1.29, 1.82) is 0 Å². The summed E-state index contributed by atoms with van der Waals surface area (Å²) in [7, 11) is 0. The average Bonchev–Trinajstić information content (AvgIpc) is 2.61. The van der Waals surface area contributed by atoms with Crippen molar-refractivity contribution in [2.45, 2.75) is 51.5 Å². The molecule has 0 unspecified atom stereocenters. The zero-order chi connectivity index (χ0) is 7.73. The Morgan fingerprint density at radius 3 is 2.73 bits per heavy atom. The molecule has 0 heterocycles. The molecule has 1 N–H and O–H groups in total. The van der Waals surface area contributed by atoms with E-state index >= 15 is 0 Å². The predicted octanol–water partition coefficient (Wildman–Crippen LogP) is 2.32. The number of nitrogens with one attached hydrogen (secondary N) is 1. The van der Waals surface area contributed by atoms with Crippen LogP contribution >= 0.6 is 0 Å². The standard InChI is InChI=1S/C10H19N/c1-2-7-11-9-3-4-10(8-9)5-6-10/h9,11H,2-8H2,1H3/t9-/m0/s1. The maximum absolute atomic E-state index is 3.63. The highest BCUT2D eigenvalue weighted by Crippen LogP contribution is 2.57. The lowest BCUT2D eigenvalue weighted by atomic mass is 10.1. The van der Waals surface area contributed by atoms with Crippen LogP contribution in [0.15, 0.2) is 0 Å². The summed E-state index contributed by atoms with van der Waals surface area (Å²) in [5, 5.41) is 3.63. The summed E-state index contributed by atoms with van der Waals surface area (Å²) in [6.45, 7) is 3.47. The fraction of sp³-hybridized carbons (Fsp3) is 1.00. The van der Waals surface area contributed by atoms with E-state index in [0.29, 0.717) is 0 Å². The fourth-order valence-electron chi connectivity index (χ4n) is 2.36. The van der Waals surface area contributed by atoms with Gasteiger partial charge in [-0.3, -0.25) is 0 Å². The summed E-state index contributed by atoms with van der Waals surface area (Å²) in [4.78, 5) is 0. The molecule has 11 heavy (non-hydrogen) atoms. The van der Waals surface area contributed by atoms with Gasteiger partial charge in [-0.2, -0.15) is 0 Å². The zero-order valence-corrected chi connectivity index (χ0v) is 7.53. The van der Waals surface area contributed by atoms with Crippen LogP contribution in [0.1, 0.15) is 45.4 Å². The van der Waals surface area contributed by atoms with Gasteiger partial charge in [-0.15, -0.1) is 0 Å². The zero-order valence-electron chi connectivity index (χ0n) is 7.53. The first-order valence-electron chi connectivity index (χ1n) is 5.08. The van der Waals surface area contributed by atoms with Gasteiger partial charge in [0, 0.05) is 6.04 Å². The molecule has 0 bridgehead atoms. The highest BCUT2D eigenvalue weighted by Gasteiger charge is 2.47. The third-order valence-electron chi connectivity index (χ3n) is 3.34. The van der Waals surface area contributed by atoms with Gasteiger partial charge in [0.1, 0.15) is 0 Å². The molecule has 2 aliphatic carbocycles. The van der Waals surface area contributed by atoms with Gasteiger partial charge in [0.15, 0.2) is 0 Å². The van der Waals surface area contributed by atoms with Gasteiger partial charge < -0.3 is 5.32 Å². The first kappa shape index (κ1) is 7.60. The van der Waals surface area contributed by atoms with Crippen LogP contribution in [-0.2, 0) is 0 Å². The van der Waals surface area contributed by atoms with E-state index in [4.69, 9.17) is 0 Å². The maximum atomic E-state index is 3.63. The van der Waals surface area contributed by atoms with E-state index in [-0.39, 0.29) is 0 Å². The Bertz CT molecular complexity index is 138. The predicted molar refractivity (Wildman–Crippen MR) is 47.6 cm³/mol. The van der Waals surface area contributed by atoms with E-state index in [0.717, 1.165) is 11.5 Å². The van der Waals surface area contributed by atoms with Crippen molar-refractivity contribution in [3.8, 4) is 0 Å². The molecule has 0 radical (unpaired) electrons. The molecule has 0 saturated heterocycles. The molecule has 2 fully saturated rings. The van der Waals surface area contributed by atoms with E-state index in [1.807, 2.05) is 0 Å². The van der Waals surface area contributed by atoms with Gasteiger partial charge in [-0.1, -0.05) is 6.92 Å². The molecule has 1 heteroatoms. The van der Waals surface area contributed by atoms with Gasteiger partial charge in [0.25, 0.3) is 0 Å². The molecule has 0 amide bonds. The summed E-state index contributed by atoms with van der Waals surface area (Å²) >= 11 is 0. The Morgan fingerprint density at radius 1 is 1.36 bits per heavy atom. The van der Waals surface area contributed by atoms with Crippen molar-refractivity contribution in [1.82, 2.24) is 5.32 Å². The van der Waals surface area contributed by atoms with Crippen LogP contribution in [0.25, 0.3) is 0 Å². The van der Waals surface area contributed by atoms with Crippen molar-refractivity contribution >= 4 is 0 Å². The molecule has 0 aromatic carbocycles. The van der Waals surface area contributed by atoms with Gasteiger partial charge in [0.2, 0.25) is 0 Å². The molecular weight excluding hydrogens is 134 g/mol. The van der Waals surface area contributed by atoms with Crippen LogP contribution in [0.3, 0.4) is 0 Å². The second-order valence-electron chi connectivity index (χ2n) is 4.39. The monoisotopic (exact) mass is 153 g/mol. The van der Waals surface area contributed by atoms with Crippen LogP contribution in [-0.4, -0.2) is 12.6 Å². The third-order valence-corrected chi connectivity index (χ3v) is 3.34. The second-order valence-corrected chi connectivity index (χ2v) is 4.39. The number of hydrogen-bond acceptors (Lipinski definition) is 1. The van der Waals surface area contributed by atoms with Crippen molar-refractivity contribution in [3.63, 3.8) is 0 Å². The summed E-state index contributed by atoms with van der Waals surface area (Å²) in [5.74, 6) is 0. The van der Waals surface area contributed by atoms with Crippen molar-refractivity contribution < 1.29 is 0 Å². The van der Waals surface area contributed by atoms with Gasteiger partial charge >= 0.3 is 0 Å². The molecule has 0 aromatic heterocycles. The lowest BCUT2D eigenvalue weighted by Crippen LogP contribution is -2.27. The first-order chi connectivity index (χ1) is 5.35. The number of rotatable bonds is 3. The molecule has 2 rings (SSSR count). The summed E-state index contributed by atoms with van der Waals surface area (Å²) in [6, 6.07) is 0.873. The minimum atomic E-state index is 0.853. The SMILES string of the molecule is CCCN[C@H]1CCC2(CC2)C1. The van der Waals surface area contributed by atoms with Gasteiger partial charge in [-0.25, -0.2) is 0 Å².